The van der Waals surface area contributed by atoms with Crippen molar-refractivity contribution >= 4 is 17.7 Å². The van der Waals surface area contributed by atoms with E-state index in [1.807, 2.05) is 6.07 Å². The van der Waals surface area contributed by atoms with Gasteiger partial charge < -0.3 is 10.0 Å². The second kappa shape index (κ2) is 5.91. The van der Waals surface area contributed by atoms with Crippen molar-refractivity contribution in [1.29, 1.82) is 0 Å². The van der Waals surface area contributed by atoms with Crippen LogP contribution in [0.25, 0.3) is 6.08 Å². The van der Waals surface area contributed by atoms with Crippen LogP contribution in [-0.4, -0.2) is 23.7 Å². The fourth-order valence-corrected chi connectivity index (χ4v) is 2.73. The molecule has 1 aliphatic rings. The van der Waals surface area contributed by atoms with Gasteiger partial charge in [0.15, 0.2) is 0 Å². The first-order chi connectivity index (χ1) is 9.08. The summed E-state index contributed by atoms with van der Waals surface area (Å²) in [6.45, 7) is 5.48. The number of piperidine rings is 1. The highest BCUT2D eigenvalue weighted by Gasteiger charge is 2.19. The summed E-state index contributed by atoms with van der Waals surface area (Å²) in [6.07, 6.45) is 6.64. The third-order valence-electron chi connectivity index (χ3n) is 3.75. The summed E-state index contributed by atoms with van der Waals surface area (Å²) in [4.78, 5) is 13.0. The molecule has 0 radical (unpaired) electrons. The Morgan fingerprint density at radius 2 is 2.21 bits per heavy atom. The van der Waals surface area contributed by atoms with Crippen molar-refractivity contribution in [2.75, 3.05) is 11.4 Å². The van der Waals surface area contributed by atoms with Gasteiger partial charge in [0.25, 0.3) is 0 Å². The largest absolute Gasteiger partial charge is 0.478 e. The van der Waals surface area contributed by atoms with Crippen molar-refractivity contribution in [3.05, 3.63) is 35.4 Å². The number of benzene rings is 1. The molecule has 3 heteroatoms. The van der Waals surface area contributed by atoms with E-state index in [0.29, 0.717) is 6.04 Å². The van der Waals surface area contributed by atoms with Crippen LogP contribution in [0.5, 0.6) is 0 Å². The highest BCUT2D eigenvalue weighted by molar-refractivity contribution is 5.85. The number of carboxylic acid groups (broad SMARTS) is 1. The zero-order valence-corrected chi connectivity index (χ0v) is 11.6. The molecule has 1 aliphatic heterocycles. The summed E-state index contributed by atoms with van der Waals surface area (Å²) in [6, 6.07) is 6.74. The number of aliphatic carboxylic acids is 1. The molecule has 1 unspecified atom stereocenters. The standard InChI is InChI=1S/C16H21NO2/c1-12-11-14(7-9-16(18)19)6-8-15(12)17-10-4-3-5-13(17)2/h6-9,11,13H,3-5,10H2,1-2H3,(H,18,19). The van der Waals surface area contributed by atoms with E-state index in [2.05, 4.69) is 30.9 Å². The first-order valence-corrected chi connectivity index (χ1v) is 6.86. The van der Waals surface area contributed by atoms with Crippen LogP contribution in [0.2, 0.25) is 0 Å². The minimum Gasteiger partial charge on any atom is -0.478 e. The number of nitrogens with zero attached hydrogens (tertiary/aromatic N) is 1. The molecule has 0 amide bonds. The zero-order valence-electron chi connectivity index (χ0n) is 11.6. The van der Waals surface area contributed by atoms with Gasteiger partial charge in [-0.05, 0) is 62.4 Å². The van der Waals surface area contributed by atoms with E-state index >= 15 is 0 Å². The van der Waals surface area contributed by atoms with Gasteiger partial charge in [-0.3, -0.25) is 0 Å². The van der Waals surface area contributed by atoms with Crippen LogP contribution < -0.4 is 4.90 Å². The van der Waals surface area contributed by atoms with E-state index in [-0.39, 0.29) is 0 Å². The molecule has 19 heavy (non-hydrogen) atoms. The third kappa shape index (κ3) is 3.37. The summed E-state index contributed by atoms with van der Waals surface area (Å²) < 4.78 is 0. The van der Waals surface area contributed by atoms with Crippen molar-refractivity contribution in [2.45, 2.75) is 39.2 Å². The molecule has 0 aromatic heterocycles. The van der Waals surface area contributed by atoms with Gasteiger partial charge in [0, 0.05) is 24.4 Å². The quantitative estimate of drug-likeness (QED) is 0.845. The first-order valence-electron chi connectivity index (χ1n) is 6.86. The van der Waals surface area contributed by atoms with Crippen LogP contribution >= 0.6 is 0 Å². The van der Waals surface area contributed by atoms with Crippen LogP contribution in [-0.2, 0) is 4.79 Å². The van der Waals surface area contributed by atoms with E-state index < -0.39 is 5.97 Å². The van der Waals surface area contributed by atoms with Crippen LogP contribution in [0.1, 0.15) is 37.3 Å². The first kappa shape index (κ1) is 13.7. The highest BCUT2D eigenvalue weighted by atomic mass is 16.4. The number of aryl methyl sites for hydroxylation is 1. The zero-order chi connectivity index (χ0) is 13.8. The molecule has 0 spiro atoms. The minimum atomic E-state index is -0.911. The lowest BCUT2D eigenvalue weighted by atomic mass is 10.0. The molecule has 0 aliphatic carbocycles. The van der Waals surface area contributed by atoms with Gasteiger partial charge in [-0.2, -0.15) is 0 Å². The Balaban J connectivity index is 2.21. The Morgan fingerprint density at radius 3 is 2.84 bits per heavy atom. The van der Waals surface area contributed by atoms with Crippen molar-refractivity contribution in [1.82, 2.24) is 0 Å². The van der Waals surface area contributed by atoms with E-state index in [1.165, 1.54) is 36.6 Å². The predicted molar refractivity (Wildman–Crippen MR) is 78.5 cm³/mol. The monoisotopic (exact) mass is 259 g/mol. The second-order valence-electron chi connectivity index (χ2n) is 5.26. The average molecular weight is 259 g/mol. The lowest BCUT2D eigenvalue weighted by molar-refractivity contribution is -0.131. The van der Waals surface area contributed by atoms with Crippen LogP contribution in [0.15, 0.2) is 24.3 Å². The van der Waals surface area contributed by atoms with Crippen molar-refractivity contribution < 1.29 is 9.90 Å². The molecule has 1 N–H and O–H groups in total. The lowest BCUT2D eigenvalue weighted by Gasteiger charge is -2.36. The van der Waals surface area contributed by atoms with Gasteiger partial charge in [0.05, 0.1) is 0 Å². The molecule has 1 atom stereocenters. The number of hydrogen-bond donors (Lipinski definition) is 1. The Hall–Kier alpha value is -1.77. The number of carboxylic acids is 1. The Kier molecular flexibility index (Phi) is 4.25. The molecular weight excluding hydrogens is 238 g/mol. The van der Waals surface area contributed by atoms with Gasteiger partial charge >= 0.3 is 5.97 Å². The fourth-order valence-electron chi connectivity index (χ4n) is 2.73. The number of anilines is 1. The van der Waals surface area contributed by atoms with E-state index in [0.717, 1.165) is 12.1 Å². The van der Waals surface area contributed by atoms with Crippen LogP contribution in [0.4, 0.5) is 5.69 Å². The Labute approximate surface area is 114 Å². The van der Waals surface area contributed by atoms with Gasteiger partial charge in [-0.25, -0.2) is 4.79 Å². The van der Waals surface area contributed by atoms with Crippen LogP contribution in [0, 0.1) is 6.92 Å². The van der Waals surface area contributed by atoms with Gasteiger partial charge in [-0.15, -0.1) is 0 Å². The summed E-state index contributed by atoms with van der Waals surface area (Å²) in [7, 11) is 0. The SMILES string of the molecule is Cc1cc(C=CC(=O)O)ccc1N1CCCCC1C. The lowest BCUT2D eigenvalue weighted by Crippen LogP contribution is -2.37. The number of hydrogen-bond acceptors (Lipinski definition) is 2. The second-order valence-corrected chi connectivity index (χ2v) is 5.26. The molecular formula is C16H21NO2. The van der Waals surface area contributed by atoms with Gasteiger partial charge in [0.1, 0.15) is 0 Å². The molecule has 3 nitrogen and oxygen atoms in total. The van der Waals surface area contributed by atoms with Crippen molar-refractivity contribution in [2.24, 2.45) is 0 Å². The summed E-state index contributed by atoms with van der Waals surface area (Å²) in [5.74, 6) is -0.911. The summed E-state index contributed by atoms with van der Waals surface area (Å²) >= 11 is 0. The van der Waals surface area contributed by atoms with E-state index in [9.17, 15) is 4.79 Å². The normalized spacial score (nSPS) is 19.9. The van der Waals surface area contributed by atoms with Gasteiger partial charge in [0.2, 0.25) is 0 Å². The van der Waals surface area contributed by atoms with Gasteiger partial charge in [-0.1, -0.05) is 6.07 Å². The minimum absolute atomic E-state index is 0.591. The smallest absolute Gasteiger partial charge is 0.328 e. The average Bonchev–Trinajstić information content (AvgIpc) is 2.38. The molecule has 2 rings (SSSR count). The molecule has 0 saturated carbocycles. The molecule has 1 aromatic carbocycles. The van der Waals surface area contributed by atoms with Crippen molar-refractivity contribution in [3.63, 3.8) is 0 Å². The fraction of sp³-hybridized carbons (Fsp3) is 0.438. The van der Waals surface area contributed by atoms with Crippen molar-refractivity contribution in [3.8, 4) is 0 Å². The molecule has 0 bridgehead atoms. The topological polar surface area (TPSA) is 40.5 Å². The summed E-state index contributed by atoms with van der Waals surface area (Å²) in [5.41, 5.74) is 3.43. The maximum absolute atomic E-state index is 10.5. The Bertz CT molecular complexity index is 494. The van der Waals surface area contributed by atoms with E-state index in [4.69, 9.17) is 5.11 Å². The molecule has 102 valence electrons. The molecule has 1 heterocycles. The van der Waals surface area contributed by atoms with E-state index in [1.54, 1.807) is 6.08 Å². The van der Waals surface area contributed by atoms with Crippen LogP contribution in [0.3, 0.4) is 0 Å². The maximum atomic E-state index is 10.5. The number of carbonyl (C=O) groups is 1. The summed E-state index contributed by atoms with van der Waals surface area (Å²) in [5, 5.41) is 8.64. The maximum Gasteiger partial charge on any atom is 0.328 e. The number of rotatable bonds is 3. The molecule has 1 fully saturated rings. The Morgan fingerprint density at radius 1 is 1.42 bits per heavy atom. The molecule has 1 saturated heterocycles. The highest BCUT2D eigenvalue weighted by Crippen LogP contribution is 2.28. The predicted octanol–water partition coefficient (Wildman–Crippen LogP) is 3.47. The third-order valence-corrected chi connectivity index (χ3v) is 3.75. The molecule has 1 aromatic rings.